The van der Waals surface area contributed by atoms with Gasteiger partial charge < -0.3 is 21.4 Å². The smallest absolute Gasteiger partial charge is 0.252 e. The molecule has 7 heteroatoms. The molecule has 0 aromatic carbocycles. The van der Waals surface area contributed by atoms with Crippen molar-refractivity contribution >= 4 is 17.4 Å². The van der Waals surface area contributed by atoms with Crippen LogP contribution in [0, 0.1) is 0 Å². The maximum Gasteiger partial charge on any atom is 0.252 e. The predicted octanol–water partition coefficient (Wildman–Crippen LogP) is 0.851. The largest absolute Gasteiger partial charge is 0.397 e. The Morgan fingerprint density at radius 3 is 2.95 bits per heavy atom. The summed E-state index contributed by atoms with van der Waals surface area (Å²) in [6.45, 7) is 1.63. The quantitative estimate of drug-likeness (QED) is 0.648. The molecule has 0 aliphatic heterocycles. The second kappa shape index (κ2) is 6.55. The second-order valence-electron chi connectivity index (χ2n) is 4.46. The number of amides is 1. The van der Waals surface area contributed by atoms with E-state index >= 15 is 0 Å². The number of nitrogens with one attached hydrogen (secondary N) is 1. The summed E-state index contributed by atoms with van der Waals surface area (Å²) in [6, 6.07) is 1.53. The number of nitrogen functional groups attached to an aromatic ring is 1. The molecule has 0 saturated carbocycles. The molecule has 20 heavy (non-hydrogen) atoms. The summed E-state index contributed by atoms with van der Waals surface area (Å²) in [7, 11) is 0. The number of anilines is 2. The number of hydrogen-bond donors (Lipinski definition) is 3. The lowest BCUT2D eigenvalue weighted by Gasteiger charge is -2.09. The normalized spacial score (nSPS) is 10.4. The molecule has 0 unspecified atom stereocenters. The Labute approximate surface area is 117 Å². The monoisotopic (exact) mass is 274 g/mol. The number of primary amides is 1. The van der Waals surface area contributed by atoms with Crippen molar-refractivity contribution in [3.63, 3.8) is 0 Å². The molecule has 2 heterocycles. The Morgan fingerprint density at radius 2 is 2.25 bits per heavy atom. The molecule has 5 N–H and O–H groups in total. The molecule has 0 aliphatic rings. The van der Waals surface area contributed by atoms with Crippen LogP contribution in [0.4, 0.5) is 11.5 Å². The minimum atomic E-state index is -0.536. The van der Waals surface area contributed by atoms with Crippen LogP contribution in [0.15, 0.2) is 31.0 Å². The van der Waals surface area contributed by atoms with Crippen molar-refractivity contribution in [3.8, 4) is 0 Å². The van der Waals surface area contributed by atoms with E-state index in [1.165, 1.54) is 12.3 Å². The fourth-order valence-corrected chi connectivity index (χ4v) is 1.85. The van der Waals surface area contributed by atoms with E-state index in [-0.39, 0.29) is 0 Å². The van der Waals surface area contributed by atoms with Crippen molar-refractivity contribution < 1.29 is 4.79 Å². The third-order valence-electron chi connectivity index (χ3n) is 2.87. The van der Waals surface area contributed by atoms with Crippen LogP contribution < -0.4 is 16.8 Å². The highest BCUT2D eigenvalue weighted by molar-refractivity contribution is 5.98. The number of carbonyl (C=O) groups excluding carboxylic acids is 1. The molecule has 0 saturated heterocycles. The molecule has 2 aromatic rings. The molecular formula is C13H18N6O. The van der Waals surface area contributed by atoms with Gasteiger partial charge in [-0.05, 0) is 18.9 Å². The van der Waals surface area contributed by atoms with Gasteiger partial charge in [-0.1, -0.05) is 0 Å². The number of imidazole rings is 1. The molecule has 1 amide bonds. The standard InChI is InChI=1S/C13H18N6O/c14-10-7-11(12(15)20)13(18-8-10)17-3-1-2-5-19-6-4-16-9-19/h4,6-9H,1-3,5,14H2,(H2,15,20)(H,17,18). The summed E-state index contributed by atoms with van der Waals surface area (Å²) in [5, 5.41) is 3.11. The van der Waals surface area contributed by atoms with E-state index in [1.54, 1.807) is 12.5 Å². The molecule has 2 aromatic heterocycles. The van der Waals surface area contributed by atoms with Gasteiger partial charge in [0, 0.05) is 25.5 Å². The van der Waals surface area contributed by atoms with Gasteiger partial charge in [-0.2, -0.15) is 0 Å². The van der Waals surface area contributed by atoms with Gasteiger partial charge in [0.25, 0.3) is 5.91 Å². The van der Waals surface area contributed by atoms with Crippen LogP contribution in [0.3, 0.4) is 0 Å². The Balaban J connectivity index is 1.80. The number of pyridine rings is 1. The van der Waals surface area contributed by atoms with Crippen molar-refractivity contribution in [2.24, 2.45) is 5.73 Å². The minimum Gasteiger partial charge on any atom is -0.397 e. The van der Waals surface area contributed by atoms with Gasteiger partial charge in [0.2, 0.25) is 0 Å². The fraction of sp³-hybridized carbons (Fsp3) is 0.308. The maximum absolute atomic E-state index is 11.3. The number of aryl methyl sites for hydroxylation is 1. The number of carbonyl (C=O) groups is 1. The highest BCUT2D eigenvalue weighted by Crippen LogP contribution is 2.14. The Morgan fingerprint density at radius 1 is 1.40 bits per heavy atom. The van der Waals surface area contributed by atoms with Crippen LogP contribution in [-0.4, -0.2) is 27.0 Å². The highest BCUT2D eigenvalue weighted by atomic mass is 16.1. The molecule has 2 rings (SSSR count). The van der Waals surface area contributed by atoms with Crippen molar-refractivity contribution in [2.45, 2.75) is 19.4 Å². The lowest BCUT2D eigenvalue weighted by molar-refractivity contribution is 0.100. The van der Waals surface area contributed by atoms with E-state index in [0.717, 1.165) is 19.4 Å². The van der Waals surface area contributed by atoms with Crippen LogP contribution >= 0.6 is 0 Å². The summed E-state index contributed by atoms with van der Waals surface area (Å²) in [5.74, 6) is -0.0555. The molecule has 0 radical (unpaired) electrons. The average Bonchev–Trinajstić information content (AvgIpc) is 2.92. The number of rotatable bonds is 7. The van der Waals surface area contributed by atoms with Gasteiger partial charge in [-0.15, -0.1) is 0 Å². The topological polar surface area (TPSA) is 112 Å². The number of aromatic nitrogens is 3. The van der Waals surface area contributed by atoms with Gasteiger partial charge in [0.15, 0.2) is 0 Å². The maximum atomic E-state index is 11.3. The third-order valence-corrected chi connectivity index (χ3v) is 2.87. The first-order valence-electron chi connectivity index (χ1n) is 6.42. The first-order valence-corrected chi connectivity index (χ1v) is 6.42. The van der Waals surface area contributed by atoms with E-state index < -0.39 is 5.91 Å². The summed E-state index contributed by atoms with van der Waals surface area (Å²) < 4.78 is 2.02. The Bertz CT molecular complexity index is 566. The zero-order valence-electron chi connectivity index (χ0n) is 11.1. The lowest BCUT2D eigenvalue weighted by Crippen LogP contribution is -2.16. The van der Waals surface area contributed by atoms with Crippen molar-refractivity contribution in [2.75, 3.05) is 17.6 Å². The van der Waals surface area contributed by atoms with E-state index in [0.29, 0.717) is 23.6 Å². The Kier molecular flexibility index (Phi) is 4.54. The number of unbranched alkanes of at least 4 members (excludes halogenated alkanes) is 1. The summed E-state index contributed by atoms with van der Waals surface area (Å²) in [4.78, 5) is 19.4. The van der Waals surface area contributed by atoms with Crippen molar-refractivity contribution in [1.82, 2.24) is 14.5 Å². The predicted molar refractivity (Wildman–Crippen MR) is 77.1 cm³/mol. The molecule has 0 bridgehead atoms. The van der Waals surface area contributed by atoms with Gasteiger partial charge in [-0.3, -0.25) is 4.79 Å². The summed E-state index contributed by atoms with van der Waals surface area (Å²) in [5.41, 5.74) is 11.6. The number of nitrogens with two attached hydrogens (primary N) is 2. The SMILES string of the molecule is NC(=O)c1cc(N)cnc1NCCCCn1ccnc1. The third kappa shape index (κ3) is 3.71. The summed E-state index contributed by atoms with van der Waals surface area (Å²) in [6.07, 6.45) is 8.93. The van der Waals surface area contributed by atoms with E-state index in [9.17, 15) is 4.79 Å². The van der Waals surface area contributed by atoms with Gasteiger partial charge in [0.05, 0.1) is 23.8 Å². The minimum absolute atomic E-state index is 0.319. The van der Waals surface area contributed by atoms with Gasteiger partial charge in [0.1, 0.15) is 5.82 Å². The molecule has 7 nitrogen and oxygen atoms in total. The van der Waals surface area contributed by atoms with Gasteiger partial charge in [-0.25, -0.2) is 9.97 Å². The summed E-state index contributed by atoms with van der Waals surface area (Å²) >= 11 is 0. The zero-order chi connectivity index (χ0) is 14.4. The second-order valence-corrected chi connectivity index (χ2v) is 4.46. The van der Waals surface area contributed by atoms with E-state index in [4.69, 9.17) is 11.5 Å². The van der Waals surface area contributed by atoms with Crippen LogP contribution in [0.2, 0.25) is 0 Å². The molecule has 0 fully saturated rings. The van der Waals surface area contributed by atoms with Crippen LogP contribution in [0.1, 0.15) is 23.2 Å². The molecule has 0 spiro atoms. The lowest BCUT2D eigenvalue weighted by atomic mass is 10.2. The van der Waals surface area contributed by atoms with E-state index in [1.807, 2.05) is 10.8 Å². The zero-order valence-corrected chi connectivity index (χ0v) is 11.1. The molecule has 0 atom stereocenters. The van der Waals surface area contributed by atoms with Crippen molar-refractivity contribution in [3.05, 3.63) is 36.5 Å². The van der Waals surface area contributed by atoms with Crippen LogP contribution in [0.5, 0.6) is 0 Å². The van der Waals surface area contributed by atoms with Crippen LogP contribution in [0.25, 0.3) is 0 Å². The first kappa shape index (κ1) is 13.9. The molecule has 0 aliphatic carbocycles. The Hall–Kier alpha value is -2.57. The van der Waals surface area contributed by atoms with Crippen molar-refractivity contribution in [1.29, 1.82) is 0 Å². The first-order chi connectivity index (χ1) is 9.66. The molecular weight excluding hydrogens is 256 g/mol. The number of nitrogens with zero attached hydrogens (tertiary/aromatic N) is 3. The molecule has 106 valence electrons. The fourth-order valence-electron chi connectivity index (χ4n) is 1.85. The van der Waals surface area contributed by atoms with Crippen LogP contribution in [-0.2, 0) is 6.54 Å². The van der Waals surface area contributed by atoms with Gasteiger partial charge >= 0.3 is 0 Å². The highest BCUT2D eigenvalue weighted by Gasteiger charge is 2.09. The average molecular weight is 274 g/mol. The number of hydrogen-bond acceptors (Lipinski definition) is 5. The van der Waals surface area contributed by atoms with E-state index in [2.05, 4.69) is 15.3 Å².